The van der Waals surface area contributed by atoms with Crippen LogP contribution in [0.2, 0.25) is 10.0 Å². The minimum atomic E-state index is -0.204. The predicted molar refractivity (Wildman–Crippen MR) is 118 cm³/mol. The zero-order valence-corrected chi connectivity index (χ0v) is 16.9. The molecule has 29 heavy (non-hydrogen) atoms. The molecule has 1 N–H and O–H groups in total. The Labute approximate surface area is 178 Å². The number of hydrogen-bond acceptors (Lipinski definition) is 2. The number of halogens is 2. The van der Waals surface area contributed by atoms with E-state index >= 15 is 0 Å². The van der Waals surface area contributed by atoms with E-state index in [-0.39, 0.29) is 5.91 Å². The summed E-state index contributed by atoms with van der Waals surface area (Å²) < 4.78 is 1.73. The van der Waals surface area contributed by atoms with Gasteiger partial charge in [-0.15, -0.1) is 0 Å². The number of amides is 1. The zero-order valence-electron chi connectivity index (χ0n) is 15.3. The largest absolute Gasteiger partial charge is 0.305 e. The van der Waals surface area contributed by atoms with Crippen molar-refractivity contribution in [2.75, 3.05) is 5.32 Å². The molecule has 0 unspecified atom stereocenters. The van der Waals surface area contributed by atoms with Crippen molar-refractivity contribution in [2.24, 2.45) is 0 Å². The lowest BCUT2D eigenvalue weighted by molar-refractivity contribution is 0.102. The highest BCUT2D eigenvalue weighted by Crippen LogP contribution is 2.23. The molecule has 0 aliphatic carbocycles. The molecule has 4 nitrogen and oxygen atoms in total. The first kappa shape index (κ1) is 19.2. The number of nitrogens with zero attached hydrogens (tertiary/aromatic N) is 2. The highest BCUT2D eigenvalue weighted by Gasteiger charge is 2.09. The minimum absolute atomic E-state index is 0.204. The van der Waals surface area contributed by atoms with Crippen LogP contribution in [0.3, 0.4) is 0 Å². The SMILES string of the molecule is O=C(Nc1ccn(Cc2ccc(Cl)c(Cl)c2)n1)c1ccc(-c2ccccc2)cc1. The Balaban J connectivity index is 1.41. The predicted octanol–water partition coefficient (Wildman–Crippen LogP) is 6.16. The van der Waals surface area contributed by atoms with Crippen LogP contribution in [0.25, 0.3) is 11.1 Å². The van der Waals surface area contributed by atoms with Crippen molar-refractivity contribution >= 4 is 34.9 Å². The molecule has 0 atom stereocenters. The summed E-state index contributed by atoms with van der Waals surface area (Å²) in [6.07, 6.45) is 1.80. The number of hydrogen-bond donors (Lipinski definition) is 1. The van der Waals surface area contributed by atoms with Crippen LogP contribution in [0.5, 0.6) is 0 Å². The molecule has 4 rings (SSSR count). The lowest BCUT2D eigenvalue weighted by Gasteiger charge is -2.05. The van der Waals surface area contributed by atoms with Gasteiger partial charge in [-0.25, -0.2) is 0 Å². The monoisotopic (exact) mass is 421 g/mol. The molecule has 3 aromatic carbocycles. The number of benzene rings is 3. The average Bonchev–Trinajstić information content (AvgIpc) is 3.18. The van der Waals surface area contributed by atoms with Crippen molar-refractivity contribution in [1.82, 2.24) is 9.78 Å². The fourth-order valence-corrected chi connectivity index (χ4v) is 3.30. The van der Waals surface area contributed by atoms with Crippen molar-refractivity contribution in [3.05, 3.63) is 106 Å². The van der Waals surface area contributed by atoms with Crippen LogP contribution in [0.1, 0.15) is 15.9 Å². The number of carbonyl (C=O) groups is 1. The van der Waals surface area contributed by atoms with E-state index in [1.165, 1.54) is 0 Å². The van der Waals surface area contributed by atoms with Gasteiger partial charge in [0.05, 0.1) is 16.6 Å². The maximum atomic E-state index is 12.5. The van der Waals surface area contributed by atoms with Gasteiger partial charge in [0, 0.05) is 17.8 Å². The third-order valence-electron chi connectivity index (χ3n) is 4.47. The van der Waals surface area contributed by atoms with Crippen molar-refractivity contribution in [3.63, 3.8) is 0 Å². The Kier molecular flexibility index (Phi) is 5.65. The van der Waals surface area contributed by atoms with Gasteiger partial charge in [0.25, 0.3) is 5.91 Å². The molecule has 0 saturated heterocycles. The van der Waals surface area contributed by atoms with E-state index in [9.17, 15) is 4.79 Å². The molecule has 0 spiro atoms. The third kappa shape index (κ3) is 4.67. The van der Waals surface area contributed by atoms with Crippen LogP contribution in [0.15, 0.2) is 85.1 Å². The first-order valence-electron chi connectivity index (χ1n) is 9.03. The van der Waals surface area contributed by atoms with Crippen LogP contribution in [-0.4, -0.2) is 15.7 Å². The maximum absolute atomic E-state index is 12.5. The van der Waals surface area contributed by atoms with E-state index in [0.717, 1.165) is 16.7 Å². The fourth-order valence-electron chi connectivity index (χ4n) is 2.97. The van der Waals surface area contributed by atoms with Gasteiger partial charge < -0.3 is 5.32 Å². The molecule has 6 heteroatoms. The summed E-state index contributed by atoms with van der Waals surface area (Å²) in [7, 11) is 0. The summed E-state index contributed by atoms with van der Waals surface area (Å²) in [5, 5.41) is 8.24. The van der Waals surface area contributed by atoms with Gasteiger partial charge in [0.2, 0.25) is 0 Å². The highest BCUT2D eigenvalue weighted by molar-refractivity contribution is 6.42. The molecular formula is C23H17Cl2N3O. The molecule has 0 bridgehead atoms. The normalized spacial score (nSPS) is 10.7. The summed E-state index contributed by atoms with van der Waals surface area (Å²) in [6.45, 7) is 0.526. The molecule has 1 amide bonds. The van der Waals surface area contributed by atoms with Crippen LogP contribution < -0.4 is 5.32 Å². The summed E-state index contributed by atoms with van der Waals surface area (Å²) >= 11 is 12.0. The quantitative estimate of drug-likeness (QED) is 0.419. The molecule has 144 valence electrons. The second-order valence-electron chi connectivity index (χ2n) is 6.54. The van der Waals surface area contributed by atoms with E-state index in [1.807, 2.05) is 60.7 Å². The third-order valence-corrected chi connectivity index (χ3v) is 5.20. The first-order valence-corrected chi connectivity index (χ1v) is 9.78. The topological polar surface area (TPSA) is 46.9 Å². The second kappa shape index (κ2) is 8.52. The van der Waals surface area contributed by atoms with Crippen LogP contribution in [0.4, 0.5) is 5.82 Å². The van der Waals surface area contributed by atoms with E-state index in [1.54, 1.807) is 29.1 Å². The number of anilines is 1. The van der Waals surface area contributed by atoms with Gasteiger partial charge in [-0.2, -0.15) is 5.10 Å². The van der Waals surface area contributed by atoms with Gasteiger partial charge in [-0.3, -0.25) is 9.48 Å². The summed E-state index contributed by atoms with van der Waals surface area (Å²) in [5.74, 6) is 0.284. The summed E-state index contributed by atoms with van der Waals surface area (Å²) in [5.41, 5.74) is 3.72. The average molecular weight is 422 g/mol. The Hall–Kier alpha value is -3.08. The van der Waals surface area contributed by atoms with Gasteiger partial charge >= 0.3 is 0 Å². The summed E-state index contributed by atoms with van der Waals surface area (Å²) in [4.78, 5) is 12.5. The van der Waals surface area contributed by atoms with E-state index in [4.69, 9.17) is 23.2 Å². The maximum Gasteiger partial charge on any atom is 0.256 e. The van der Waals surface area contributed by atoms with E-state index in [0.29, 0.717) is 28.0 Å². The smallest absolute Gasteiger partial charge is 0.256 e. The van der Waals surface area contributed by atoms with Crippen LogP contribution >= 0.6 is 23.2 Å². The Morgan fingerprint density at radius 1 is 0.862 bits per heavy atom. The molecule has 1 heterocycles. The van der Waals surface area contributed by atoms with Gasteiger partial charge in [-0.05, 0) is 41.0 Å². The molecule has 0 fully saturated rings. The highest BCUT2D eigenvalue weighted by atomic mass is 35.5. The van der Waals surface area contributed by atoms with E-state index < -0.39 is 0 Å². The van der Waals surface area contributed by atoms with Crippen LogP contribution in [0, 0.1) is 0 Å². The molecular weight excluding hydrogens is 405 g/mol. The molecule has 0 aliphatic rings. The fraction of sp³-hybridized carbons (Fsp3) is 0.0435. The van der Waals surface area contributed by atoms with Crippen LogP contribution in [-0.2, 0) is 6.54 Å². The Morgan fingerprint density at radius 3 is 2.31 bits per heavy atom. The van der Waals surface area contributed by atoms with E-state index in [2.05, 4.69) is 10.4 Å². The van der Waals surface area contributed by atoms with Gasteiger partial charge in [0.15, 0.2) is 5.82 Å². The van der Waals surface area contributed by atoms with Crippen molar-refractivity contribution in [2.45, 2.75) is 6.54 Å². The second-order valence-corrected chi connectivity index (χ2v) is 7.36. The van der Waals surface area contributed by atoms with Gasteiger partial charge in [-0.1, -0.05) is 71.7 Å². The standard InChI is InChI=1S/C23H17Cl2N3O/c24-20-11-6-16(14-21(20)25)15-28-13-12-22(27-28)26-23(29)19-9-7-18(8-10-19)17-4-2-1-3-5-17/h1-14H,15H2,(H,26,27,29). The Bertz CT molecular complexity index is 1140. The lowest BCUT2D eigenvalue weighted by Crippen LogP contribution is -2.12. The molecule has 0 radical (unpaired) electrons. The zero-order chi connectivity index (χ0) is 20.2. The van der Waals surface area contributed by atoms with Gasteiger partial charge in [0.1, 0.15) is 0 Å². The number of nitrogens with one attached hydrogen (secondary N) is 1. The lowest BCUT2D eigenvalue weighted by atomic mass is 10.0. The Morgan fingerprint density at radius 2 is 1.59 bits per heavy atom. The van der Waals surface area contributed by atoms with Crippen molar-refractivity contribution in [1.29, 1.82) is 0 Å². The molecule has 1 aromatic heterocycles. The van der Waals surface area contributed by atoms with Crippen molar-refractivity contribution < 1.29 is 4.79 Å². The minimum Gasteiger partial charge on any atom is -0.305 e. The number of aromatic nitrogens is 2. The molecule has 0 aliphatic heterocycles. The number of rotatable bonds is 5. The van der Waals surface area contributed by atoms with Crippen molar-refractivity contribution in [3.8, 4) is 11.1 Å². The molecule has 4 aromatic rings. The molecule has 0 saturated carbocycles. The summed E-state index contributed by atoms with van der Waals surface area (Å²) in [6, 6.07) is 24.7. The first-order chi connectivity index (χ1) is 14.1. The number of carbonyl (C=O) groups excluding carboxylic acids is 1.